The fourth-order valence-corrected chi connectivity index (χ4v) is 4.99. The van der Waals surface area contributed by atoms with Crippen LogP contribution in [0, 0.1) is 6.92 Å². The van der Waals surface area contributed by atoms with Crippen molar-refractivity contribution in [1.29, 1.82) is 0 Å². The van der Waals surface area contributed by atoms with Gasteiger partial charge in [-0.25, -0.2) is 0 Å². The van der Waals surface area contributed by atoms with Crippen molar-refractivity contribution in [1.82, 2.24) is 9.30 Å². The number of aromatic nitrogens is 1. The van der Waals surface area contributed by atoms with E-state index in [4.69, 9.17) is 0 Å². The molecular formula is C24H25N3O2. The maximum Gasteiger partial charge on any atom is 0.271 e. The predicted molar refractivity (Wildman–Crippen MR) is 113 cm³/mol. The highest BCUT2D eigenvalue weighted by atomic mass is 16.2. The fraction of sp³-hybridized carbons (Fsp3) is 0.333. The average Bonchev–Trinajstić information content (AvgIpc) is 3.36. The molecule has 2 aromatic heterocycles. The summed E-state index contributed by atoms with van der Waals surface area (Å²) in [5, 5.41) is 0. The van der Waals surface area contributed by atoms with Crippen LogP contribution in [0.3, 0.4) is 0 Å². The number of pyridine rings is 1. The van der Waals surface area contributed by atoms with Gasteiger partial charge in [-0.2, -0.15) is 0 Å². The molecule has 2 aliphatic heterocycles. The summed E-state index contributed by atoms with van der Waals surface area (Å²) in [6.45, 7) is 3.38. The van der Waals surface area contributed by atoms with E-state index in [-0.39, 0.29) is 11.8 Å². The van der Waals surface area contributed by atoms with E-state index in [1.165, 1.54) is 5.56 Å². The molecule has 5 nitrogen and oxygen atoms in total. The van der Waals surface area contributed by atoms with E-state index in [2.05, 4.69) is 0 Å². The molecule has 1 spiro atoms. The molecule has 3 aromatic rings. The van der Waals surface area contributed by atoms with Crippen molar-refractivity contribution < 1.29 is 9.59 Å². The Hall–Kier alpha value is -3.08. The summed E-state index contributed by atoms with van der Waals surface area (Å²) in [7, 11) is 0. The highest BCUT2D eigenvalue weighted by Gasteiger charge is 2.53. The second kappa shape index (κ2) is 6.76. The number of amides is 2. The lowest BCUT2D eigenvalue weighted by atomic mass is 9.85. The molecule has 2 amide bonds. The second-order valence-electron chi connectivity index (χ2n) is 8.20. The van der Waals surface area contributed by atoms with Crippen molar-refractivity contribution in [2.75, 3.05) is 18.0 Å². The summed E-state index contributed by atoms with van der Waals surface area (Å²) in [4.78, 5) is 31.0. The first-order valence-electron chi connectivity index (χ1n) is 10.4. The smallest absolute Gasteiger partial charge is 0.271 e. The van der Waals surface area contributed by atoms with Crippen LogP contribution in [-0.4, -0.2) is 39.7 Å². The van der Waals surface area contributed by atoms with Gasteiger partial charge in [-0.05, 0) is 69.0 Å². The minimum Gasteiger partial charge on any atom is -0.323 e. The van der Waals surface area contributed by atoms with Gasteiger partial charge >= 0.3 is 0 Å². The minimum absolute atomic E-state index is 0.0483. The van der Waals surface area contributed by atoms with Crippen molar-refractivity contribution in [3.05, 3.63) is 72.1 Å². The van der Waals surface area contributed by atoms with Crippen LogP contribution in [0.15, 0.2) is 60.8 Å². The van der Waals surface area contributed by atoms with Gasteiger partial charge in [0.2, 0.25) is 0 Å². The number of benzene rings is 1. The van der Waals surface area contributed by atoms with Gasteiger partial charge < -0.3 is 14.2 Å². The number of likely N-dealkylation sites (tertiary alicyclic amines) is 1. The first-order valence-corrected chi connectivity index (χ1v) is 10.4. The third kappa shape index (κ3) is 2.76. The van der Waals surface area contributed by atoms with Crippen LogP contribution < -0.4 is 4.90 Å². The number of carbonyl (C=O) groups is 2. The highest BCUT2D eigenvalue weighted by molar-refractivity contribution is 6.05. The predicted octanol–water partition coefficient (Wildman–Crippen LogP) is 4.05. The molecule has 1 aromatic carbocycles. The Morgan fingerprint density at radius 3 is 2.48 bits per heavy atom. The Balaban J connectivity index is 1.50. The van der Waals surface area contributed by atoms with E-state index in [0.717, 1.165) is 36.9 Å². The molecular weight excluding hydrogens is 362 g/mol. The minimum atomic E-state index is -0.723. The molecule has 0 radical (unpaired) electrons. The number of nitrogens with zero attached hydrogens (tertiary/aromatic N) is 3. The number of carbonyl (C=O) groups excluding carboxylic acids is 2. The van der Waals surface area contributed by atoms with Crippen LogP contribution in [0.4, 0.5) is 5.69 Å². The summed E-state index contributed by atoms with van der Waals surface area (Å²) in [5.74, 6) is 0.0205. The lowest BCUT2D eigenvalue weighted by molar-refractivity contribution is -0.130. The van der Waals surface area contributed by atoms with E-state index < -0.39 is 5.54 Å². The lowest BCUT2D eigenvalue weighted by Crippen LogP contribution is -2.61. The number of aryl methyl sites for hydroxylation is 1. The van der Waals surface area contributed by atoms with Gasteiger partial charge in [0.05, 0.1) is 0 Å². The molecule has 1 atom stereocenters. The largest absolute Gasteiger partial charge is 0.323 e. The number of rotatable bonds is 2. The van der Waals surface area contributed by atoms with Crippen molar-refractivity contribution in [3.63, 3.8) is 0 Å². The zero-order chi connectivity index (χ0) is 20.0. The van der Waals surface area contributed by atoms with Gasteiger partial charge in [0.1, 0.15) is 11.2 Å². The van der Waals surface area contributed by atoms with Gasteiger partial charge in [0.25, 0.3) is 11.8 Å². The number of hydrogen-bond acceptors (Lipinski definition) is 2. The number of anilines is 1. The van der Waals surface area contributed by atoms with Crippen LogP contribution >= 0.6 is 0 Å². The molecule has 0 saturated carbocycles. The van der Waals surface area contributed by atoms with Crippen LogP contribution in [0.25, 0.3) is 5.52 Å². The van der Waals surface area contributed by atoms with Crippen LogP contribution in [-0.2, 0) is 4.79 Å². The Bertz CT molecular complexity index is 1080. The summed E-state index contributed by atoms with van der Waals surface area (Å²) in [6.07, 6.45) is 5.15. The summed E-state index contributed by atoms with van der Waals surface area (Å²) in [5.41, 5.74) is 2.99. The summed E-state index contributed by atoms with van der Waals surface area (Å²) in [6, 6.07) is 17.8. The maximum atomic E-state index is 13.7. The molecule has 1 unspecified atom stereocenters. The fourth-order valence-electron chi connectivity index (χ4n) is 4.99. The Morgan fingerprint density at radius 1 is 0.931 bits per heavy atom. The van der Waals surface area contributed by atoms with Crippen molar-refractivity contribution >= 4 is 23.0 Å². The van der Waals surface area contributed by atoms with Gasteiger partial charge in [-0.1, -0.05) is 23.8 Å². The van der Waals surface area contributed by atoms with Crippen LogP contribution in [0.5, 0.6) is 0 Å². The molecule has 0 bridgehead atoms. The van der Waals surface area contributed by atoms with Crippen molar-refractivity contribution in [2.45, 2.75) is 38.1 Å². The molecule has 5 rings (SSSR count). The normalized spacial score (nSPS) is 22.0. The second-order valence-corrected chi connectivity index (χ2v) is 8.20. The highest BCUT2D eigenvalue weighted by Crippen LogP contribution is 2.40. The van der Waals surface area contributed by atoms with Gasteiger partial charge in [0, 0.05) is 30.5 Å². The summed E-state index contributed by atoms with van der Waals surface area (Å²) < 4.78 is 1.92. The number of hydrogen-bond donors (Lipinski definition) is 0. The van der Waals surface area contributed by atoms with Crippen LogP contribution in [0.2, 0.25) is 0 Å². The quantitative estimate of drug-likeness (QED) is 0.666. The molecule has 148 valence electrons. The van der Waals surface area contributed by atoms with Gasteiger partial charge in [-0.3, -0.25) is 9.59 Å². The molecule has 29 heavy (non-hydrogen) atoms. The molecule has 2 aliphatic rings. The third-order valence-corrected chi connectivity index (χ3v) is 6.48. The molecule has 5 heteroatoms. The first-order chi connectivity index (χ1) is 14.1. The molecule has 2 fully saturated rings. The standard InChI is InChI=1S/C24H25N3O2/c1-18-7-9-20(10-8-18)26-16-4-13-24(23(26)29)14-5-17-27(24)22(28)21-12-11-19-6-2-3-15-25(19)21/h2-3,6-12,15H,4-5,13-14,16-17H2,1H3. The topological polar surface area (TPSA) is 45.0 Å². The number of fused-ring (bicyclic) bond motifs is 1. The van der Waals surface area contributed by atoms with Crippen LogP contribution in [0.1, 0.15) is 41.7 Å². The average molecular weight is 387 g/mol. The van der Waals surface area contributed by atoms with E-state index >= 15 is 0 Å². The Morgan fingerprint density at radius 2 is 1.69 bits per heavy atom. The molecule has 2 saturated heterocycles. The Labute approximate surface area is 170 Å². The first kappa shape index (κ1) is 18.0. The maximum absolute atomic E-state index is 13.7. The molecule has 0 N–H and O–H groups in total. The lowest BCUT2D eigenvalue weighted by Gasteiger charge is -2.44. The number of piperidine rings is 1. The van der Waals surface area contributed by atoms with E-state index in [1.54, 1.807) is 0 Å². The van der Waals surface area contributed by atoms with Gasteiger partial charge in [-0.15, -0.1) is 0 Å². The molecule has 0 aliphatic carbocycles. The van der Waals surface area contributed by atoms with E-state index in [9.17, 15) is 9.59 Å². The zero-order valence-electron chi connectivity index (χ0n) is 16.7. The summed E-state index contributed by atoms with van der Waals surface area (Å²) >= 11 is 0. The SMILES string of the molecule is Cc1ccc(N2CCCC3(CCCN3C(=O)c3ccc4ccccn34)C2=O)cc1. The van der Waals surface area contributed by atoms with Gasteiger partial charge in [0.15, 0.2) is 0 Å². The monoisotopic (exact) mass is 387 g/mol. The van der Waals surface area contributed by atoms with Crippen molar-refractivity contribution in [2.24, 2.45) is 0 Å². The van der Waals surface area contributed by atoms with Crippen molar-refractivity contribution in [3.8, 4) is 0 Å². The molecule has 4 heterocycles. The third-order valence-electron chi connectivity index (χ3n) is 6.48. The Kier molecular flexibility index (Phi) is 4.19. The zero-order valence-corrected chi connectivity index (χ0v) is 16.7. The van der Waals surface area contributed by atoms with E-state index in [1.807, 2.05) is 81.9 Å². The van der Waals surface area contributed by atoms with E-state index in [0.29, 0.717) is 18.8 Å².